The molecule has 0 bridgehead atoms. The van der Waals surface area contributed by atoms with Crippen LogP contribution in [-0.4, -0.2) is 7.05 Å². The first-order valence-electron chi connectivity index (χ1n) is 5.77. The zero-order valence-corrected chi connectivity index (χ0v) is 10.3. The molecule has 2 N–H and O–H groups in total. The van der Waals surface area contributed by atoms with Gasteiger partial charge < -0.3 is 10.6 Å². The van der Waals surface area contributed by atoms with Crippen LogP contribution in [0.3, 0.4) is 0 Å². The fourth-order valence-electron chi connectivity index (χ4n) is 1.79. The van der Waals surface area contributed by atoms with Crippen LogP contribution in [0.4, 0.5) is 11.4 Å². The average molecular weight is 237 g/mol. The minimum Gasteiger partial charge on any atom is -0.345 e. The van der Waals surface area contributed by atoms with Gasteiger partial charge >= 0.3 is 0 Å². The number of anilines is 2. The van der Waals surface area contributed by atoms with Gasteiger partial charge in [0.2, 0.25) is 0 Å². The van der Waals surface area contributed by atoms with Gasteiger partial charge in [-0.1, -0.05) is 18.2 Å². The number of nitrogens with two attached hydrogens (primary N) is 1. The highest BCUT2D eigenvalue weighted by Crippen LogP contribution is 2.24. The van der Waals surface area contributed by atoms with Crippen LogP contribution in [0.1, 0.15) is 11.1 Å². The number of hydrogen-bond acceptors (Lipinski definition) is 3. The highest BCUT2D eigenvalue weighted by atomic mass is 15.1. The second kappa shape index (κ2) is 5.35. The third-order valence-electron chi connectivity index (χ3n) is 2.92. The Bertz CT molecular complexity index is 567. The first-order chi connectivity index (χ1) is 8.74. The predicted molar refractivity (Wildman–Crippen MR) is 73.6 cm³/mol. The van der Waals surface area contributed by atoms with E-state index in [0.29, 0.717) is 12.1 Å². The van der Waals surface area contributed by atoms with E-state index in [9.17, 15) is 0 Å². The van der Waals surface area contributed by atoms with E-state index in [4.69, 9.17) is 11.0 Å². The van der Waals surface area contributed by atoms with E-state index in [1.54, 1.807) is 6.07 Å². The van der Waals surface area contributed by atoms with E-state index in [1.807, 2.05) is 54.4 Å². The van der Waals surface area contributed by atoms with Gasteiger partial charge in [0.25, 0.3) is 0 Å². The molecule has 0 unspecified atom stereocenters. The van der Waals surface area contributed by atoms with Crippen LogP contribution in [0.15, 0.2) is 48.5 Å². The molecule has 0 atom stereocenters. The second-order valence-corrected chi connectivity index (χ2v) is 4.09. The third-order valence-corrected chi connectivity index (χ3v) is 2.92. The van der Waals surface area contributed by atoms with Gasteiger partial charge in [-0.2, -0.15) is 5.26 Å². The molecule has 0 radical (unpaired) electrons. The first kappa shape index (κ1) is 12.2. The fourth-order valence-corrected chi connectivity index (χ4v) is 1.79. The number of benzene rings is 2. The zero-order valence-electron chi connectivity index (χ0n) is 10.3. The maximum atomic E-state index is 8.90. The summed E-state index contributed by atoms with van der Waals surface area (Å²) in [4.78, 5) is 2.04. The number of nitriles is 1. The van der Waals surface area contributed by atoms with Crippen molar-refractivity contribution in [2.45, 2.75) is 6.54 Å². The molecule has 2 aromatic rings. The van der Waals surface area contributed by atoms with Crippen molar-refractivity contribution >= 4 is 11.4 Å². The Morgan fingerprint density at radius 2 is 1.83 bits per heavy atom. The van der Waals surface area contributed by atoms with Crippen molar-refractivity contribution in [1.82, 2.24) is 0 Å². The standard InChI is InChI=1S/C15H15N3/c1-18(14-7-5-12(10-16)6-8-14)15-4-2-3-13(9-15)11-17/h2-9H,10,16H2,1H3. The third kappa shape index (κ3) is 2.50. The topological polar surface area (TPSA) is 53.0 Å². The molecule has 0 saturated carbocycles. The van der Waals surface area contributed by atoms with E-state index < -0.39 is 0 Å². The molecular formula is C15H15N3. The molecule has 0 aliphatic carbocycles. The summed E-state index contributed by atoms with van der Waals surface area (Å²) in [7, 11) is 1.98. The molecule has 0 aromatic heterocycles. The fraction of sp³-hybridized carbons (Fsp3) is 0.133. The van der Waals surface area contributed by atoms with Crippen LogP contribution in [0.2, 0.25) is 0 Å². The van der Waals surface area contributed by atoms with Gasteiger partial charge in [0, 0.05) is 25.0 Å². The molecular weight excluding hydrogens is 222 g/mol. The van der Waals surface area contributed by atoms with Crippen molar-refractivity contribution in [1.29, 1.82) is 5.26 Å². The molecule has 2 aromatic carbocycles. The maximum absolute atomic E-state index is 8.90. The van der Waals surface area contributed by atoms with Gasteiger partial charge in [0.05, 0.1) is 11.6 Å². The van der Waals surface area contributed by atoms with Gasteiger partial charge in [0.15, 0.2) is 0 Å². The molecule has 0 amide bonds. The minimum atomic E-state index is 0.550. The smallest absolute Gasteiger partial charge is 0.0992 e. The maximum Gasteiger partial charge on any atom is 0.0992 e. The van der Waals surface area contributed by atoms with Gasteiger partial charge in [-0.25, -0.2) is 0 Å². The predicted octanol–water partition coefficient (Wildman–Crippen LogP) is 2.78. The molecule has 3 nitrogen and oxygen atoms in total. The number of nitrogens with zero attached hydrogens (tertiary/aromatic N) is 2. The highest BCUT2D eigenvalue weighted by molar-refractivity contribution is 5.64. The summed E-state index contributed by atoms with van der Waals surface area (Å²) in [6, 6.07) is 17.8. The van der Waals surface area contributed by atoms with Gasteiger partial charge in [-0.15, -0.1) is 0 Å². The Morgan fingerprint density at radius 3 is 2.44 bits per heavy atom. The van der Waals surface area contributed by atoms with E-state index >= 15 is 0 Å². The summed E-state index contributed by atoms with van der Waals surface area (Å²) < 4.78 is 0. The normalized spacial score (nSPS) is 9.83. The lowest BCUT2D eigenvalue weighted by Gasteiger charge is -2.19. The van der Waals surface area contributed by atoms with Gasteiger partial charge in [-0.05, 0) is 35.9 Å². The summed E-state index contributed by atoms with van der Waals surface area (Å²) in [6.07, 6.45) is 0. The summed E-state index contributed by atoms with van der Waals surface area (Å²) in [5.41, 5.74) is 9.42. The van der Waals surface area contributed by atoms with Crippen molar-refractivity contribution in [2.24, 2.45) is 5.73 Å². The molecule has 0 aliphatic heterocycles. The molecule has 0 fully saturated rings. The number of rotatable bonds is 3. The largest absolute Gasteiger partial charge is 0.345 e. The lowest BCUT2D eigenvalue weighted by atomic mass is 10.1. The lowest BCUT2D eigenvalue weighted by molar-refractivity contribution is 1.07. The summed E-state index contributed by atoms with van der Waals surface area (Å²) in [6.45, 7) is 0.550. The monoisotopic (exact) mass is 237 g/mol. The summed E-state index contributed by atoms with van der Waals surface area (Å²) >= 11 is 0. The van der Waals surface area contributed by atoms with Crippen molar-refractivity contribution in [2.75, 3.05) is 11.9 Å². The van der Waals surface area contributed by atoms with Crippen molar-refractivity contribution < 1.29 is 0 Å². The summed E-state index contributed by atoms with van der Waals surface area (Å²) in [5.74, 6) is 0. The number of hydrogen-bond donors (Lipinski definition) is 1. The van der Waals surface area contributed by atoms with Crippen LogP contribution in [0.5, 0.6) is 0 Å². The van der Waals surface area contributed by atoms with Crippen molar-refractivity contribution in [3.05, 3.63) is 59.7 Å². The summed E-state index contributed by atoms with van der Waals surface area (Å²) in [5, 5.41) is 8.90. The molecule has 0 saturated heterocycles. The van der Waals surface area contributed by atoms with Crippen molar-refractivity contribution in [3.8, 4) is 6.07 Å². The molecule has 18 heavy (non-hydrogen) atoms. The Morgan fingerprint density at radius 1 is 1.11 bits per heavy atom. The molecule has 3 heteroatoms. The average Bonchev–Trinajstić information content (AvgIpc) is 2.46. The molecule has 2 rings (SSSR count). The second-order valence-electron chi connectivity index (χ2n) is 4.09. The van der Waals surface area contributed by atoms with Crippen molar-refractivity contribution in [3.63, 3.8) is 0 Å². The Hall–Kier alpha value is -2.31. The SMILES string of the molecule is CN(c1ccc(CN)cc1)c1cccc(C#N)c1. The highest BCUT2D eigenvalue weighted by Gasteiger charge is 2.04. The van der Waals surface area contributed by atoms with E-state index in [-0.39, 0.29) is 0 Å². The Kier molecular flexibility index (Phi) is 3.61. The Labute approximate surface area is 107 Å². The van der Waals surface area contributed by atoms with Crippen LogP contribution in [0, 0.1) is 11.3 Å². The van der Waals surface area contributed by atoms with E-state index in [0.717, 1.165) is 16.9 Å². The molecule has 0 spiro atoms. The quantitative estimate of drug-likeness (QED) is 0.893. The Balaban J connectivity index is 2.29. The van der Waals surface area contributed by atoms with Gasteiger partial charge in [0.1, 0.15) is 0 Å². The van der Waals surface area contributed by atoms with Gasteiger partial charge in [-0.3, -0.25) is 0 Å². The van der Waals surface area contributed by atoms with Crippen LogP contribution in [0.25, 0.3) is 0 Å². The van der Waals surface area contributed by atoms with E-state index in [2.05, 4.69) is 6.07 Å². The van der Waals surface area contributed by atoms with E-state index in [1.165, 1.54) is 0 Å². The van der Waals surface area contributed by atoms with Crippen LogP contribution in [-0.2, 0) is 6.54 Å². The lowest BCUT2D eigenvalue weighted by Crippen LogP contribution is -2.09. The molecule has 0 aliphatic rings. The molecule has 0 heterocycles. The minimum absolute atomic E-state index is 0.550. The molecule has 90 valence electrons. The van der Waals surface area contributed by atoms with Crippen LogP contribution < -0.4 is 10.6 Å². The first-order valence-corrected chi connectivity index (χ1v) is 5.77. The zero-order chi connectivity index (χ0) is 13.0. The van der Waals surface area contributed by atoms with Crippen LogP contribution >= 0.6 is 0 Å².